The van der Waals surface area contributed by atoms with E-state index in [-0.39, 0.29) is 17.7 Å². The van der Waals surface area contributed by atoms with Gasteiger partial charge in [0.2, 0.25) is 0 Å². The molecule has 1 amide bonds. The van der Waals surface area contributed by atoms with Crippen LogP contribution in [0.5, 0.6) is 5.75 Å². The van der Waals surface area contributed by atoms with Gasteiger partial charge in [-0.05, 0) is 52.0 Å². The van der Waals surface area contributed by atoms with Crippen LogP contribution >= 0.6 is 11.3 Å². The number of piperazine rings is 1. The topological polar surface area (TPSA) is 74.5 Å². The Morgan fingerprint density at radius 1 is 1.09 bits per heavy atom. The molecule has 7 nitrogen and oxygen atoms in total. The highest BCUT2D eigenvalue weighted by Crippen LogP contribution is 2.33. The zero-order chi connectivity index (χ0) is 24.0. The highest BCUT2D eigenvalue weighted by molar-refractivity contribution is 7.12. The summed E-state index contributed by atoms with van der Waals surface area (Å²) < 4.78 is 1.89. The second-order valence-electron chi connectivity index (χ2n) is 9.07. The minimum atomic E-state index is -0.00139. The van der Waals surface area contributed by atoms with E-state index >= 15 is 0 Å². The monoisotopic (exact) mass is 475 g/mol. The average molecular weight is 476 g/mol. The van der Waals surface area contributed by atoms with Crippen molar-refractivity contribution in [2.24, 2.45) is 0 Å². The SMILES string of the molecule is Cc1cc(-c2cc(C(=O)N3CCN(c4ccccc4O)CC3)c3cnn(C(C)C)c3n2)c(C)s1. The third kappa shape index (κ3) is 3.92. The van der Waals surface area contributed by atoms with Crippen molar-refractivity contribution in [1.82, 2.24) is 19.7 Å². The highest BCUT2D eigenvalue weighted by atomic mass is 32.1. The summed E-state index contributed by atoms with van der Waals surface area (Å²) in [6, 6.07) is 11.6. The van der Waals surface area contributed by atoms with Gasteiger partial charge in [0.15, 0.2) is 5.65 Å². The molecule has 176 valence electrons. The fourth-order valence-electron chi connectivity index (χ4n) is 4.65. The fourth-order valence-corrected chi connectivity index (χ4v) is 5.58. The summed E-state index contributed by atoms with van der Waals surface area (Å²) >= 11 is 1.74. The van der Waals surface area contributed by atoms with Crippen LogP contribution in [0.4, 0.5) is 5.69 Å². The number of para-hydroxylation sites is 2. The third-order valence-electron chi connectivity index (χ3n) is 6.39. The Kier molecular flexibility index (Phi) is 5.77. The Balaban J connectivity index is 1.50. The first-order valence-corrected chi connectivity index (χ1v) is 12.4. The van der Waals surface area contributed by atoms with Crippen molar-refractivity contribution >= 4 is 34.0 Å². The van der Waals surface area contributed by atoms with Crippen molar-refractivity contribution in [2.75, 3.05) is 31.1 Å². The number of hydrogen-bond donors (Lipinski definition) is 1. The lowest BCUT2D eigenvalue weighted by Crippen LogP contribution is -2.48. The van der Waals surface area contributed by atoms with Crippen LogP contribution in [0.25, 0.3) is 22.3 Å². The lowest BCUT2D eigenvalue weighted by atomic mass is 10.1. The molecule has 3 aromatic heterocycles. The number of phenols is 1. The summed E-state index contributed by atoms with van der Waals surface area (Å²) in [5.41, 5.74) is 4.08. The number of hydrogen-bond acceptors (Lipinski definition) is 6. The van der Waals surface area contributed by atoms with E-state index in [1.807, 2.05) is 33.8 Å². The molecule has 0 radical (unpaired) electrons. The number of anilines is 1. The van der Waals surface area contributed by atoms with Crippen molar-refractivity contribution in [3.05, 3.63) is 57.9 Å². The largest absolute Gasteiger partial charge is 0.506 e. The molecule has 1 N–H and O–H groups in total. The molecule has 1 aliphatic rings. The van der Waals surface area contributed by atoms with Gasteiger partial charge in [0.1, 0.15) is 5.75 Å². The molecule has 8 heteroatoms. The standard InChI is InChI=1S/C26H29N5O2S/c1-16(2)31-25-21(15-27-31)20(14-22(28-25)19-13-17(3)34-18(19)4)26(33)30-11-9-29(10-12-30)23-7-5-6-8-24(23)32/h5-8,13-16,32H,9-12H2,1-4H3. The number of phenolic OH excluding ortho intramolecular Hbond substituents is 1. The number of amides is 1. The normalized spacial score (nSPS) is 14.4. The number of carbonyl (C=O) groups is 1. The Hall–Kier alpha value is -3.39. The quantitative estimate of drug-likeness (QED) is 0.448. The maximum Gasteiger partial charge on any atom is 0.254 e. The van der Waals surface area contributed by atoms with Crippen LogP contribution in [0.15, 0.2) is 42.6 Å². The molecular weight excluding hydrogens is 446 g/mol. The molecule has 1 aliphatic heterocycles. The summed E-state index contributed by atoms with van der Waals surface area (Å²) in [6.45, 7) is 10.8. The van der Waals surface area contributed by atoms with Crippen LogP contribution in [-0.4, -0.2) is 56.9 Å². The number of thiophene rings is 1. The van der Waals surface area contributed by atoms with Gasteiger partial charge < -0.3 is 14.9 Å². The maximum atomic E-state index is 13.8. The zero-order valence-corrected chi connectivity index (χ0v) is 20.8. The van der Waals surface area contributed by atoms with Gasteiger partial charge in [-0.3, -0.25) is 4.79 Å². The predicted molar refractivity (Wildman–Crippen MR) is 137 cm³/mol. The van der Waals surface area contributed by atoms with E-state index in [9.17, 15) is 9.90 Å². The summed E-state index contributed by atoms with van der Waals surface area (Å²) in [5.74, 6) is 0.267. The zero-order valence-electron chi connectivity index (χ0n) is 19.9. The number of benzene rings is 1. The highest BCUT2D eigenvalue weighted by Gasteiger charge is 2.27. The van der Waals surface area contributed by atoms with Crippen molar-refractivity contribution < 1.29 is 9.90 Å². The van der Waals surface area contributed by atoms with Gasteiger partial charge >= 0.3 is 0 Å². The van der Waals surface area contributed by atoms with Gasteiger partial charge in [-0.1, -0.05) is 12.1 Å². The molecule has 1 aromatic carbocycles. The van der Waals surface area contributed by atoms with Crippen LogP contribution in [0, 0.1) is 13.8 Å². The molecule has 0 atom stereocenters. The van der Waals surface area contributed by atoms with Crippen molar-refractivity contribution in [2.45, 2.75) is 33.7 Å². The molecule has 1 fully saturated rings. The second kappa shape index (κ2) is 8.76. The van der Waals surface area contributed by atoms with Gasteiger partial charge in [-0.15, -0.1) is 11.3 Å². The number of pyridine rings is 1. The lowest BCUT2D eigenvalue weighted by molar-refractivity contribution is 0.0748. The molecular formula is C26H29N5O2S. The molecule has 0 spiro atoms. The number of nitrogens with zero attached hydrogens (tertiary/aromatic N) is 5. The van der Waals surface area contributed by atoms with Gasteiger partial charge in [0.05, 0.1) is 28.5 Å². The van der Waals surface area contributed by atoms with Crippen LogP contribution in [0.2, 0.25) is 0 Å². The van der Waals surface area contributed by atoms with Gasteiger partial charge in [-0.2, -0.15) is 5.10 Å². The number of aromatic nitrogens is 3. The molecule has 0 saturated carbocycles. The van der Waals surface area contributed by atoms with E-state index in [2.05, 4.69) is 43.8 Å². The average Bonchev–Trinajstić information content (AvgIpc) is 3.41. The molecule has 1 saturated heterocycles. The number of carbonyl (C=O) groups excluding carboxylic acids is 1. The third-order valence-corrected chi connectivity index (χ3v) is 7.36. The van der Waals surface area contributed by atoms with E-state index in [0.29, 0.717) is 31.7 Å². The Bertz CT molecular complexity index is 1370. The number of aryl methyl sites for hydroxylation is 2. The number of aromatic hydroxyl groups is 1. The van der Waals surface area contributed by atoms with E-state index in [1.165, 1.54) is 9.75 Å². The molecule has 0 unspecified atom stereocenters. The van der Waals surface area contributed by atoms with E-state index in [0.717, 1.165) is 28.0 Å². The smallest absolute Gasteiger partial charge is 0.254 e. The van der Waals surface area contributed by atoms with Crippen LogP contribution in [-0.2, 0) is 0 Å². The molecule has 4 heterocycles. The molecule has 0 bridgehead atoms. The molecule has 4 aromatic rings. The van der Waals surface area contributed by atoms with Crippen molar-refractivity contribution in [1.29, 1.82) is 0 Å². The van der Waals surface area contributed by atoms with E-state index in [1.54, 1.807) is 23.6 Å². The van der Waals surface area contributed by atoms with E-state index < -0.39 is 0 Å². The first-order valence-electron chi connectivity index (χ1n) is 11.6. The Labute approximate surface area is 203 Å². The van der Waals surface area contributed by atoms with Gasteiger partial charge in [-0.25, -0.2) is 9.67 Å². The molecule has 0 aliphatic carbocycles. The van der Waals surface area contributed by atoms with Crippen molar-refractivity contribution in [3.8, 4) is 17.0 Å². The summed E-state index contributed by atoms with van der Waals surface area (Å²) in [6.07, 6.45) is 1.77. The van der Waals surface area contributed by atoms with Gasteiger partial charge in [0, 0.05) is 47.5 Å². The first-order chi connectivity index (χ1) is 16.3. The van der Waals surface area contributed by atoms with Crippen LogP contribution in [0.1, 0.15) is 40.0 Å². The molecule has 34 heavy (non-hydrogen) atoms. The summed E-state index contributed by atoms with van der Waals surface area (Å²) in [7, 11) is 0. The Morgan fingerprint density at radius 3 is 2.47 bits per heavy atom. The number of rotatable bonds is 4. The number of fused-ring (bicyclic) bond motifs is 1. The van der Waals surface area contributed by atoms with Crippen LogP contribution < -0.4 is 4.90 Å². The molecule has 5 rings (SSSR count). The van der Waals surface area contributed by atoms with Crippen molar-refractivity contribution in [3.63, 3.8) is 0 Å². The lowest BCUT2D eigenvalue weighted by Gasteiger charge is -2.36. The predicted octanol–water partition coefficient (Wildman–Crippen LogP) is 5.03. The first kappa shape index (κ1) is 22.4. The van der Waals surface area contributed by atoms with E-state index in [4.69, 9.17) is 4.98 Å². The summed E-state index contributed by atoms with van der Waals surface area (Å²) in [4.78, 5) is 25.2. The van der Waals surface area contributed by atoms with Crippen LogP contribution in [0.3, 0.4) is 0 Å². The summed E-state index contributed by atoms with van der Waals surface area (Å²) in [5, 5.41) is 15.6. The van der Waals surface area contributed by atoms with Gasteiger partial charge in [0.25, 0.3) is 5.91 Å². The minimum absolute atomic E-state index is 0.00139. The Morgan fingerprint density at radius 2 is 1.82 bits per heavy atom. The second-order valence-corrected chi connectivity index (χ2v) is 10.5. The minimum Gasteiger partial charge on any atom is -0.506 e. The fraction of sp³-hybridized carbons (Fsp3) is 0.346. The maximum absolute atomic E-state index is 13.8.